The molecule has 2 heterocycles. The zero-order valence-corrected chi connectivity index (χ0v) is 13.1. The van der Waals surface area contributed by atoms with Crippen molar-refractivity contribution >= 4 is 17.2 Å². The van der Waals surface area contributed by atoms with Crippen LogP contribution in [0.1, 0.15) is 6.92 Å². The van der Waals surface area contributed by atoms with Crippen LogP contribution in [0.3, 0.4) is 0 Å². The Labute approximate surface area is 139 Å². The molecule has 0 amide bonds. The molecule has 0 saturated carbocycles. The smallest absolute Gasteiger partial charge is 0.248 e. The molecule has 0 aliphatic heterocycles. The van der Waals surface area contributed by atoms with Crippen molar-refractivity contribution in [3.8, 4) is 17.4 Å². The van der Waals surface area contributed by atoms with E-state index in [1.165, 1.54) is 6.33 Å². The minimum Gasteiger partial charge on any atom is -0.492 e. The number of hydrogen-bond donors (Lipinski definition) is 2. The van der Waals surface area contributed by atoms with Gasteiger partial charge < -0.3 is 20.5 Å². The topological polar surface area (TPSA) is 95.2 Å². The molecule has 3 rings (SSSR count). The molecule has 0 spiro atoms. The van der Waals surface area contributed by atoms with E-state index in [0.29, 0.717) is 29.6 Å². The molecule has 3 N–H and O–H groups in total. The minimum absolute atomic E-state index is 0.259. The summed E-state index contributed by atoms with van der Waals surface area (Å²) in [6.07, 6.45) is 4.63. The van der Waals surface area contributed by atoms with Gasteiger partial charge in [-0.3, -0.25) is 4.98 Å². The fourth-order valence-corrected chi connectivity index (χ4v) is 2.06. The molecule has 0 aliphatic rings. The van der Waals surface area contributed by atoms with Crippen LogP contribution < -0.4 is 20.5 Å². The summed E-state index contributed by atoms with van der Waals surface area (Å²) < 4.78 is 11.2. The van der Waals surface area contributed by atoms with Crippen LogP contribution >= 0.6 is 0 Å². The Morgan fingerprint density at radius 3 is 2.79 bits per heavy atom. The van der Waals surface area contributed by atoms with Gasteiger partial charge in [-0.1, -0.05) is 12.1 Å². The van der Waals surface area contributed by atoms with Crippen LogP contribution in [0.4, 0.5) is 17.2 Å². The molecular formula is C17H17N5O2. The third-order valence-corrected chi connectivity index (χ3v) is 3.14. The van der Waals surface area contributed by atoms with Crippen molar-refractivity contribution in [3.05, 3.63) is 55.1 Å². The van der Waals surface area contributed by atoms with Gasteiger partial charge in [0.05, 0.1) is 18.5 Å². The van der Waals surface area contributed by atoms with E-state index < -0.39 is 0 Å². The predicted octanol–water partition coefficient (Wildman–Crippen LogP) is 3.39. The number of nitrogen functional groups attached to an aromatic ring is 1. The molecule has 1 aromatic carbocycles. The third-order valence-electron chi connectivity index (χ3n) is 3.14. The number of pyridine rings is 1. The Bertz CT molecular complexity index is 811. The van der Waals surface area contributed by atoms with Gasteiger partial charge in [0.1, 0.15) is 23.5 Å². The number of nitrogens with zero attached hydrogens (tertiary/aromatic N) is 3. The molecule has 2 aromatic heterocycles. The molecule has 122 valence electrons. The Morgan fingerprint density at radius 2 is 2.00 bits per heavy atom. The van der Waals surface area contributed by atoms with E-state index in [9.17, 15) is 0 Å². The average Bonchev–Trinajstić information content (AvgIpc) is 2.61. The summed E-state index contributed by atoms with van der Waals surface area (Å²) in [5.41, 5.74) is 7.19. The van der Waals surface area contributed by atoms with Gasteiger partial charge in [0.15, 0.2) is 5.82 Å². The maximum absolute atomic E-state index is 6.13. The fourth-order valence-electron chi connectivity index (χ4n) is 2.06. The minimum atomic E-state index is 0.259. The van der Waals surface area contributed by atoms with Gasteiger partial charge in [-0.05, 0) is 31.2 Å². The van der Waals surface area contributed by atoms with Crippen molar-refractivity contribution in [2.24, 2.45) is 0 Å². The van der Waals surface area contributed by atoms with Crippen molar-refractivity contribution in [1.82, 2.24) is 15.0 Å². The zero-order valence-electron chi connectivity index (χ0n) is 13.1. The van der Waals surface area contributed by atoms with Crippen LogP contribution in [0.15, 0.2) is 55.1 Å². The van der Waals surface area contributed by atoms with Crippen LogP contribution in [0, 0.1) is 0 Å². The van der Waals surface area contributed by atoms with E-state index in [-0.39, 0.29) is 5.88 Å². The monoisotopic (exact) mass is 323 g/mol. The van der Waals surface area contributed by atoms with E-state index in [0.717, 1.165) is 5.69 Å². The fraction of sp³-hybridized carbons (Fsp3) is 0.118. The van der Waals surface area contributed by atoms with Crippen molar-refractivity contribution in [3.63, 3.8) is 0 Å². The lowest BCUT2D eigenvalue weighted by molar-refractivity contribution is 0.342. The highest BCUT2D eigenvalue weighted by Gasteiger charge is 2.12. The number of nitrogens with two attached hydrogens (primary N) is 1. The highest BCUT2D eigenvalue weighted by molar-refractivity contribution is 5.74. The first kappa shape index (κ1) is 15.5. The van der Waals surface area contributed by atoms with Gasteiger partial charge in [-0.15, -0.1) is 0 Å². The second-order valence-electron chi connectivity index (χ2n) is 4.79. The van der Waals surface area contributed by atoms with Gasteiger partial charge in [0.25, 0.3) is 0 Å². The Morgan fingerprint density at radius 1 is 1.12 bits per heavy atom. The molecule has 7 nitrogen and oxygen atoms in total. The Hall–Kier alpha value is -3.35. The van der Waals surface area contributed by atoms with Crippen molar-refractivity contribution in [1.29, 1.82) is 0 Å². The molecule has 7 heteroatoms. The van der Waals surface area contributed by atoms with Crippen molar-refractivity contribution < 1.29 is 9.47 Å². The van der Waals surface area contributed by atoms with Crippen LogP contribution in [-0.2, 0) is 0 Å². The maximum Gasteiger partial charge on any atom is 0.248 e. The summed E-state index contributed by atoms with van der Waals surface area (Å²) in [5.74, 6) is 1.96. The number of ether oxygens (including phenoxy) is 2. The summed E-state index contributed by atoms with van der Waals surface area (Å²) in [4.78, 5) is 12.2. The Balaban J connectivity index is 1.86. The molecule has 24 heavy (non-hydrogen) atoms. The normalized spacial score (nSPS) is 10.2. The zero-order chi connectivity index (χ0) is 16.8. The van der Waals surface area contributed by atoms with Crippen LogP contribution in [0.25, 0.3) is 0 Å². The molecule has 0 radical (unpaired) electrons. The number of benzene rings is 1. The summed E-state index contributed by atoms with van der Waals surface area (Å²) in [6, 6.07) is 11.1. The second-order valence-corrected chi connectivity index (χ2v) is 4.79. The third kappa shape index (κ3) is 3.52. The first-order chi connectivity index (χ1) is 11.8. The summed E-state index contributed by atoms with van der Waals surface area (Å²) in [6.45, 7) is 2.49. The molecular weight excluding hydrogens is 306 g/mol. The van der Waals surface area contributed by atoms with E-state index in [4.69, 9.17) is 15.2 Å². The lowest BCUT2D eigenvalue weighted by Gasteiger charge is -2.14. The number of rotatable bonds is 6. The van der Waals surface area contributed by atoms with Gasteiger partial charge in [0.2, 0.25) is 5.88 Å². The molecule has 0 fully saturated rings. The highest BCUT2D eigenvalue weighted by Crippen LogP contribution is 2.33. The number of aromatic nitrogens is 3. The summed E-state index contributed by atoms with van der Waals surface area (Å²) in [5, 5.41) is 3.16. The lowest BCUT2D eigenvalue weighted by Crippen LogP contribution is -2.04. The van der Waals surface area contributed by atoms with Crippen LogP contribution in [-0.4, -0.2) is 21.6 Å². The summed E-state index contributed by atoms with van der Waals surface area (Å²) >= 11 is 0. The molecule has 0 aliphatic carbocycles. The van der Waals surface area contributed by atoms with E-state index in [1.807, 2.05) is 31.2 Å². The molecule has 0 bridgehead atoms. The first-order valence-corrected chi connectivity index (χ1v) is 7.45. The number of nitrogens with one attached hydrogen (secondary N) is 1. The number of hydrogen-bond acceptors (Lipinski definition) is 7. The largest absolute Gasteiger partial charge is 0.492 e. The van der Waals surface area contributed by atoms with Crippen LogP contribution in [0.5, 0.6) is 17.4 Å². The van der Waals surface area contributed by atoms with E-state index in [1.54, 1.807) is 24.5 Å². The molecule has 0 saturated heterocycles. The van der Waals surface area contributed by atoms with Gasteiger partial charge in [-0.25, -0.2) is 4.98 Å². The van der Waals surface area contributed by atoms with E-state index >= 15 is 0 Å². The molecule has 3 aromatic rings. The quantitative estimate of drug-likeness (QED) is 0.718. The molecule has 0 unspecified atom stereocenters. The van der Waals surface area contributed by atoms with Gasteiger partial charge in [0, 0.05) is 6.20 Å². The summed E-state index contributed by atoms with van der Waals surface area (Å²) in [7, 11) is 0. The maximum atomic E-state index is 6.13. The number of anilines is 3. The SMILES string of the molecule is CCOc1ccccc1Nc1ncnc(Oc2cccnc2)c1N. The second kappa shape index (κ2) is 7.28. The standard InChI is InChI=1S/C17H17N5O2/c1-2-23-14-8-4-3-7-13(14)22-16-15(18)17(21-11-20-16)24-12-6-5-9-19-10-12/h3-11H,2,18H2,1H3,(H,20,21,22). The first-order valence-electron chi connectivity index (χ1n) is 7.45. The van der Waals surface area contributed by atoms with Crippen LogP contribution in [0.2, 0.25) is 0 Å². The Kier molecular flexibility index (Phi) is 4.71. The van der Waals surface area contributed by atoms with Gasteiger partial charge >= 0.3 is 0 Å². The average molecular weight is 323 g/mol. The van der Waals surface area contributed by atoms with Crippen molar-refractivity contribution in [2.75, 3.05) is 17.7 Å². The lowest BCUT2D eigenvalue weighted by atomic mass is 10.3. The van der Waals surface area contributed by atoms with Gasteiger partial charge in [-0.2, -0.15) is 4.98 Å². The van der Waals surface area contributed by atoms with E-state index in [2.05, 4.69) is 20.3 Å². The predicted molar refractivity (Wildman–Crippen MR) is 91.6 cm³/mol. The number of para-hydroxylation sites is 2. The molecule has 0 atom stereocenters. The highest BCUT2D eigenvalue weighted by atomic mass is 16.5. The van der Waals surface area contributed by atoms with Crippen molar-refractivity contribution in [2.45, 2.75) is 6.92 Å².